The molecule has 0 radical (unpaired) electrons. The van der Waals surface area contributed by atoms with E-state index in [4.69, 9.17) is 16.0 Å². The average Bonchev–Trinajstić information content (AvgIpc) is 2.78. The molecule has 0 saturated carbocycles. The van der Waals surface area contributed by atoms with Gasteiger partial charge >= 0.3 is 0 Å². The predicted octanol–water partition coefficient (Wildman–Crippen LogP) is 4.43. The number of hydrogen-bond acceptors (Lipinski definition) is 2. The third-order valence-electron chi connectivity index (χ3n) is 2.74. The predicted molar refractivity (Wildman–Crippen MR) is 83.0 cm³/mol. The second-order valence-electron chi connectivity index (χ2n) is 4.08. The molecule has 0 fully saturated rings. The maximum absolute atomic E-state index is 5.83. The molecule has 0 bridgehead atoms. The second-order valence-corrected chi connectivity index (χ2v) is 5.70. The van der Waals surface area contributed by atoms with Gasteiger partial charge in [0.2, 0.25) is 0 Å². The molecule has 1 unspecified atom stereocenters. The molecule has 0 amide bonds. The van der Waals surface area contributed by atoms with E-state index in [9.17, 15) is 0 Å². The Labute approximate surface area is 126 Å². The Morgan fingerprint density at radius 1 is 1.22 bits per heavy atom. The maximum Gasteiger partial charge on any atom is 0.193 e. The van der Waals surface area contributed by atoms with Gasteiger partial charge in [0.05, 0.1) is 6.04 Å². The van der Waals surface area contributed by atoms with E-state index in [0.29, 0.717) is 5.22 Å². The summed E-state index contributed by atoms with van der Waals surface area (Å²) >= 11 is 8.14. The number of benzene rings is 1. The van der Waals surface area contributed by atoms with Crippen molar-refractivity contribution in [2.75, 3.05) is 6.54 Å². The van der Waals surface area contributed by atoms with Crippen molar-refractivity contribution in [2.45, 2.75) is 19.4 Å². The van der Waals surface area contributed by atoms with Crippen molar-refractivity contribution in [2.24, 2.45) is 0 Å². The summed E-state index contributed by atoms with van der Waals surface area (Å²) in [5, 5.41) is 3.86. The molecule has 0 aliphatic rings. The Kier molecular flexibility index (Phi) is 5.09. The smallest absolute Gasteiger partial charge is 0.193 e. The Morgan fingerprint density at radius 3 is 2.50 bits per heavy atom. The zero-order valence-corrected chi connectivity index (χ0v) is 13.0. The van der Waals surface area contributed by atoms with Crippen LogP contribution in [0.1, 0.15) is 24.3 Å². The van der Waals surface area contributed by atoms with E-state index in [0.717, 1.165) is 18.7 Å². The zero-order valence-electron chi connectivity index (χ0n) is 10.1. The molecule has 1 aromatic heterocycles. The normalized spacial score (nSPS) is 12.6. The molecular formula is C14H15ClINO. The zero-order chi connectivity index (χ0) is 13.0. The SMILES string of the molecule is CCNC(Cc1ccc(I)cc1)c1ccc(Cl)o1. The van der Waals surface area contributed by atoms with Crippen molar-refractivity contribution in [1.82, 2.24) is 5.32 Å². The maximum atomic E-state index is 5.83. The largest absolute Gasteiger partial charge is 0.448 e. The van der Waals surface area contributed by atoms with Gasteiger partial charge in [0.25, 0.3) is 0 Å². The molecular weight excluding hydrogens is 361 g/mol. The summed E-state index contributed by atoms with van der Waals surface area (Å²) in [6.07, 6.45) is 0.897. The standard InChI is InChI=1S/C14H15ClINO/c1-2-17-12(13-7-8-14(15)18-13)9-10-3-5-11(16)6-4-10/h3-8,12,17H,2,9H2,1H3. The molecule has 0 aliphatic carbocycles. The summed E-state index contributed by atoms with van der Waals surface area (Å²) in [4.78, 5) is 0. The van der Waals surface area contributed by atoms with Gasteiger partial charge in [-0.2, -0.15) is 0 Å². The van der Waals surface area contributed by atoms with Crippen LogP contribution >= 0.6 is 34.2 Å². The molecule has 96 valence electrons. The minimum Gasteiger partial charge on any atom is -0.448 e. The third kappa shape index (κ3) is 3.73. The van der Waals surface area contributed by atoms with Crippen molar-refractivity contribution >= 4 is 34.2 Å². The van der Waals surface area contributed by atoms with Gasteiger partial charge in [0.15, 0.2) is 5.22 Å². The summed E-state index contributed by atoms with van der Waals surface area (Å²) in [6, 6.07) is 12.4. The fourth-order valence-electron chi connectivity index (χ4n) is 1.89. The molecule has 0 saturated heterocycles. The van der Waals surface area contributed by atoms with Crippen LogP contribution in [-0.4, -0.2) is 6.54 Å². The van der Waals surface area contributed by atoms with E-state index < -0.39 is 0 Å². The fourth-order valence-corrected chi connectivity index (χ4v) is 2.40. The van der Waals surface area contributed by atoms with E-state index in [1.165, 1.54) is 9.13 Å². The molecule has 18 heavy (non-hydrogen) atoms. The van der Waals surface area contributed by atoms with Crippen LogP contribution in [-0.2, 0) is 6.42 Å². The summed E-state index contributed by atoms with van der Waals surface area (Å²) in [5.41, 5.74) is 1.29. The minimum atomic E-state index is 0.169. The van der Waals surface area contributed by atoms with Crippen LogP contribution < -0.4 is 5.32 Å². The van der Waals surface area contributed by atoms with Crippen molar-refractivity contribution in [3.05, 3.63) is 56.5 Å². The number of halogens is 2. The number of furan rings is 1. The number of rotatable bonds is 5. The van der Waals surface area contributed by atoms with Crippen LogP contribution in [0.4, 0.5) is 0 Å². The quantitative estimate of drug-likeness (QED) is 0.782. The van der Waals surface area contributed by atoms with Crippen LogP contribution in [0.5, 0.6) is 0 Å². The molecule has 2 aromatic rings. The fraction of sp³-hybridized carbons (Fsp3) is 0.286. The number of hydrogen-bond donors (Lipinski definition) is 1. The van der Waals surface area contributed by atoms with Gasteiger partial charge in [-0.3, -0.25) is 0 Å². The van der Waals surface area contributed by atoms with Crippen molar-refractivity contribution < 1.29 is 4.42 Å². The topological polar surface area (TPSA) is 25.2 Å². The van der Waals surface area contributed by atoms with Gasteiger partial charge < -0.3 is 9.73 Å². The van der Waals surface area contributed by atoms with E-state index in [-0.39, 0.29) is 6.04 Å². The van der Waals surface area contributed by atoms with Gasteiger partial charge in [-0.05, 0) is 77.0 Å². The van der Waals surface area contributed by atoms with E-state index >= 15 is 0 Å². The highest BCUT2D eigenvalue weighted by Gasteiger charge is 2.15. The van der Waals surface area contributed by atoms with Crippen LogP contribution in [0.25, 0.3) is 0 Å². The first-order valence-corrected chi connectivity index (χ1v) is 7.37. The molecule has 1 aromatic carbocycles. The Hall–Kier alpha value is -0.520. The van der Waals surface area contributed by atoms with Gasteiger partial charge in [-0.25, -0.2) is 0 Å². The second kappa shape index (κ2) is 6.59. The van der Waals surface area contributed by atoms with E-state index in [2.05, 4.69) is 59.1 Å². The number of likely N-dealkylation sites (N-methyl/N-ethyl adjacent to an activating group) is 1. The minimum absolute atomic E-state index is 0.169. The summed E-state index contributed by atoms with van der Waals surface area (Å²) < 4.78 is 6.74. The van der Waals surface area contributed by atoms with Crippen molar-refractivity contribution in [3.8, 4) is 0 Å². The lowest BCUT2D eigenvalue weighted by molar-refractivity contribution is 0.417. The highest BCUT2D eigenvalue weighted by molar-refractivity contribution is 14.1. The average molecular weight is 376 g/mol. The van der Waals surface area contributed by atoms with Crippen LogP contribution in [0, 0.1) is 3.57 Å². The Bertz CT molecular complexity index is 495. The number of nitrogens with one attached hydrogen (secondary N) is 1. The van der Waals surface area contributed by atoms with Crippen molar-refractivity contribution in [3.63, 3.8) is 0 Å². The molecule has 4 heteroatoms. The summed E-state index contributed by atoms with van der Waals surface area (Å²) in [7, 11) is 0. The van der Waals surface area contributed by atoms with E-state index in [1.807, 2.05) is 6.07 Å². The highest BCUT2D eigenvalue weighted by Crippen LogP contribution is 2.23. The molecule has 1 N–H and O–H groups in total. The van der Waals surface area contributed by atoms with E-state index in [1.54, 1.807) is 6.07 Å². The molecule has 0 aliphatic heterocycles. The van der Waals surface area contributed by atoms with Crippen LogP contribution in [0.15, 0.2) is 40.8 Å². The van der Waals surface area contributed by atoms with Gasteiger partial charge in [-0.1, -0.05) is 19.1 Å². The molecule has 1 atom stereocenters. The van der Waals surface area contributed by atoms with Crippen LogP contribution in [0.2, 0.25) is 5.22 Å². The van der Waals surface area contributed by atoms with Crippen molar-refractivity contribution in [1.29, 1.82) is 0 Å². The molecule has 1 heterocycles. The highest BCUT2D eigenvalue weighted by atomic mass is 127. The summed E-state index contributed by atoms with van der Waals surface area (Å²) in [6.45, 7) is 2.98. The first-order valence-electron chi connectivity index (χ1n) is 5.92. The lowest BCUT2D eigenvalue weighted by Gasteiger charge is -2.15. The summed E-state index contributed by atoms with van der Waals surface area (Å²) in [5.74, 6) is 0.889. The Balaban J connectivity index is 2.13. The van der Waals surface area contributed by atoms with Gasteiger partial charge in [0, 0.05) is 3.57 Å². The lowest BCUT2D eigenvalue weighted by atomic mass is 10.0. The van der Waals surface area contributed by atoms with Crippen LogP contribution in [0.3, 0.4) is 0 Å². The molecule has 0 spiro atoms. The van der Waals surface area contributed by atoms with Gasteiger partial charge in [-0.15, -0.1) is 0 Å². The molecule has 2 rings (SSSR count). The lowest BCUT2D eigenvalue weighted by Crippen LogP contribution is -2.22. The third-order valence-corrected chi connectivity index (χ3v) is 3.66. The Morgan fingerprint density at radius 2 is 1.94 bits per heavy atom. The molecule has 2 nitrogen and oxygen atoms in total. The van der Waals surface area contributed by atoms with Gasteiger partial charge in [0.1, 0.15) is 5.76 Å². The first kappa shape index (κ1) is 13.9. The monoisotopic (exact) mass is 375 g/mol. The first-order chi connectivity index (χ1) is 8.69.